The van der Waals surface area contributed by atoms with Crippen molar-refractivity contribution in [2.45, 2.75) is 39.2 Å². The molecule has 0 saturated carbocycles. The molecule has 11 heteroatoms. The Morgan fingerprint density at radius 2 is 1.40 bits per heavy atom. The minimum atomic E-state index is -1.58. The second-order valence-corrected chi connectivity index (χ2v) is 5.61. The maximum absolute atomic E-state index is 11.3. The van der Waals surface area contributed by atoms with Gasteiger partial charge in [0.2, 0.25) is 11.7 Å². The van der Waals surface area contributed by atoms with Crippen LogP contribution in [0.2, 0.25) is 0 Å². The number of aliphatic hydroxyl groups is 2. The fourth-order valence-corrected chi connectivity index (χ4v) is 1.16. The molecule has 0 aliphatic heterocycles. The second kappa shape index (κ2) is 11.9. The van der Waals surface area contributed by atoms with Crippen molar-refractivity contribution in [2.24, 2.45) is 5.41 Å². The van der Waals surface area contributed by atoms with Crippen LogP contribution in [0.25, 0.3) is 0 Å². The number of carbonyl (C=O) groups excluding carboxylic acids is 2. The smallest absolute Gasteiger partial charge is 0.372 e. The average Bonchev–Trinajstić information content (AvgIpc) is 2.51. The van der Waals surface area contributed by atoms with Crippen LogP contribution in [0.4, 0.5) is 0 Å². The minimum absolute atomic E-state index is 0.0350. The van der Waals surface area contributed by atoms with E-state index in [2.05, 4.69) is 5.32 Å². The van der Waals surface area contributed by atoms with Gasteiger partial charge in [-0.25, -0.2) is 4.79 Å². The van der Waals surface area contributed by atoms with E-state index in [0.29, 0.717) is 0 Å². The van der Waals surface area contributed by atoms with E-state index in [1.54, 1.807) is 0 Å². The number of ketones is 1. The first kappa shape index (κ1) is 24.7. The maximum atomic E-state index is 11.3. The first-order valence-electron chi connectivity index (χ1n) is 7.11. The summed E-state index contributed by atoms with van der Waals surface area (Å²) in [6, 6.07) is 0. The SMILES string of the molecule is CC(C)(CO)C(O)C(=O)NCCC(=O)O.O=C(O)CCC(=O)C(=O)O. The molecule has 0 aliphatic rings. The van der Waals surface area contributed by atoms with Gasteiger partial charge in [-0.05, 0) is 0 Å². The van der Waals surface area contributed by atoms with Crippen molar-refractivity contribution < 1.29 is 49.5 Å². The third kappa shape index (κ3) is 12.5. The largest absolute Gasteiger partial charge is 0.481 e. The van der Waals surface area contributed by atoms with Crippen molar-refractivity contribution in [3.8, 4) is 0 Å². The van der Waals surface area contributed by atoms with Crippen molar-refractivity contribution in [1.82, 2.24) is 5.32 Å². The van der Waals surface area contributed by atoms with Gasteiger partial charge in [-0.15, -0.1) is 0 Å². The van der Waals surface area contributed by atoms with E-state index < -0.39 is 54.0 Å². The fourth-order valence-electron chi connectivity index (χ4n) is 1.16. The molecule has 1 amide bonds. The molecular formula is C14H23NO10. The summed E-state index contributed by atoms with van der Waals surface area (Å²) >= 11 is 0. The molecule has 0 aromatic heterocycles. The molecule has 25 heavy (non-hydrogen) atoms. The topological polar surface area (TPSA) is 199 Å². The molecule has 0 aromatic rings. The molecule has 0 rings (SSSR count). The number of carbonyl (C=O) groups is 5. The molecule has 6 N–H and O–H groups in total. The standard InChI is InChI=1S/C9H17NO5.C5H6O5/c1-9(2,5-11)7(14)8(15)10-4-3-6(12)13;6-3(5(9)10)1-2-4(7)8/h7,11,14H,3-5H2,1-2H3,(H,10,15)(H,12,13);1-2H2,(H,7,8)(H,9,10). The predicted octanol–water partition coefficient (Wildman–Crippen LogP) is -1.54. The van der Waals surface area contributed by atoms with Crippen molar-refractivity contribution in [2.75, 3.05) is 13.2 Å². The summed E-state index contributed by atoms with van der Waals surface area (Å²) in [5, 5.41) is 44.9. The molecule has 1 unspecified atom stereocenters. The zero-order valence-corrected chi connectivity index (χ0v) is 13.9. The van der Waals surface area contributed by atoms with Gasteiger partial charge in [0.1, 0.15) is 6.10 Å². The van der Waals surface area contributed by atoms with Gasteiger partial charge in [-0.1, -0.05) is 13.8 Å². The molecule has 0 saturated heterocycles. The van der Waals surface area contributed by atoms with Gasteiger partial charge in [0, 0.05) is 18.4 Å². The monoisotopic (exact) mass is 365 g/mol. The molecular weight excluding hydrogens is 342 g/mol. The first-order valence-corrected chi connectivity index (χ1v) is 7.11. The first-order chi connectivity index (χ1) is 11.3. The van der Waals surface area contributed by atoms with Gasteiger partial charge in [-0.2, -0.15) is 0 Å². The highest BCUT2D eigenvalue weighted by Crippen LogP contribution is 2.19. The Morgan fingerprint density at radius 1 is 0.920 bits per heavy atom. The van der Waals surface area contributed by atoms with Crippen molar-refractivity contribution in [3.05, 3.63) is 0 Å². The molecule has 0 bridgehead atoms. The summed E-state index contributed by atoms with van der Waals surface area (Å²) in [5.41, 5.74) is -0.937. The normalized spacial score (nSPS) is 11.5. The van der Waals surface area contributed by atoms with Crippen LogP contribution in [0.5, 0.6) is 0 Å². The Kier molecular flexibility index (Phi) is 11.8. The second-order valence-electron chi connectivity index (χ2n) is 5.61. The van der Waals surface area contributed by atoms with Crippen LogP contribution in [-0.4, -0.2) is 74.4 Å². The van der Waals surface area contributed by atoms with Crippen LogP contribution in [0.15, 0.2) is 0 Å². The van der Waals surface area contributed by atoms with Gasteiger partial charge in [0.25, 0.3) is 0 Å². The summed E-state index contributed by atoms with van der Waals surface area (Å²) < 4.78 is 0. The average molecular weight is 365 g/mol. The molecule has 11 nitrogen and oxygen atoms in total. The maximum Gasteiger partial charge on any atom is 0.372 e. The summed E-state index contributed by atoms with van der Waals surface area (Å²) in [7, 11) is 0. The van der Waals surface area contributed by atoms with Gasteiger partial charge in [-0.3, -0.25) is 19.2 Å². The predicted molar refractivity (Wildman–Crippen MR) is 81.6 cm³/mol. The van der Waals surface area contributed by atoms with E-state index in [4.69, 9.17) is 20.4 Å². The molecule has 1 atom stereocenters. The number of aliphatic carboxylic acids is 3. The fraction of sp³-hybridized carbons (Fsp3) is 0.643. The Morgan fingerprint density at radius 3 is 1.76 bits per heavy atom. The molecule has 0 aromatic carbocycles. The molecule has 0 aliphatic carbocycles. The number of amides is 1. The van der Waals surface area contributed by atoms with E-state index in [9.17, 15) is 29.1 Å². The Bertz CT molecular complexity index is 500. The third-order valence-electron chi connectivity index (χ3n) is 2.84. The van der Waals surface area contributed by atoms with Gasteiger partial charge in [0.15, 0.2) is 0 Å². The van der Waals surface area contributed by atoms with Gasteiger partial charge < -0.3 is 30.8 Å². The van der Waals surface area contributed by atoms with Crippen LogP contribution in [0.3, 0.4) is 0 Å². The van der Waals surface area contributed by atoms with E-state index in [0.717, 1.165) is 0 Å². The number of carboxylic acid groups (broad SMARTS) is 3. The van der Waals surface area contributed by atoms with Crippen LogP contribution in [-0.2, 0) is 24.0 Å². The Hall–Kier alpha value is -2.53. The van der Waals surface area contributed by atoms with E-state index in [1.165, 1.54) is 13.8 Å². The van der Waals surface area contributed by atoms with E-state index >= 15 is 0 Å². The summed E-state index contributed by atoms with van der Waals surface area (Å²) in [6.07, 6.45) is -2.41. The number of aliphatic hydroxyl groups excluding tert-OH is 2. The van der Waals surface area contributed by atoms with Crippen molar-refractivity contribution in [3.63, 3.8) is 0 Å². The summed E-state index contributed by atoms with van der Waals surface area (Å²) in [5.74, 6) is -5.51. The molecule has 0 radical (unpaired) electrons. The molecule has 144 valence electrons. The highest BCUT2D eigenvalue weighted by atomic mass is 16.4. The number of rotatable bonds is 10. The van der Waals surface area contributed by atoms with Crippen LogP contribution >= 0.6 is 0 Å². The highest BCUT2D eigenvalue weighted by Gasteiger charge is 2.32. The van der Waals surface area contributed by atoms with Gasteiger partial charge >= 0.3 is 17.9 Å². The number of nitrogens with one attached hydrogen (secondary N) is 1. The molecule has 0 fully saturated rings. The third-order valence-corrected chi connectivity index (χ3v) is 2.84. The summed E-state index contributed by atoms with van der Waals surface area (Å²) in [4.78, 5) is 51.1. The van der Waals surface area contributed by atoms with Crippen LogP contribution in [0.1, 0.15) is 33.1 Å². The minimum Gasteiger partial charge on any atom is -0.481 e. The quantitative estimate of drug-likeness (QED) is 0.247. The number of hydrogen-bond acceptors (Lipinski definition) is 7. The highest BCUT2D eigenvalue weighted by molar-refractivity contribution is 6.32. The number of carboxylic acids is 3. The molecule has 0 spiro atoms. The lowest BCUT2D eigenvalue weighted by atomic mass is 9.87. The van der Waals surface area contributed by atoms with Crippen LogP contribution in [0, 0.1) is 5.41 Å². The zero-order chi connectivity index (χ0) is 20.2. The lowest BCUT2D eigenvalue weighted by Gasteiger charge is -2.26. The number of hydrogen-bond donors (Lipinski definition) is 6. The zero-order valence-electron chi connectivity index (χ0n) is 13.9. The number of Topliss-reactive ketones (excluding diaryl/α,β-unsaturated/α-hetero) is 1. The Labute approximate surface area is 143 Å². The lowest BCUT2D eigenvalue weighted by Crippen LogP contribution is -2.45. The van der Waals surface area contributed by atoms with Crippen molar-refractivity contribution >= 4 is 29.6 Å². The molecule has 0 heterocycles. The van der Waals surface area contributed by atoms with E-state index in [-0.39, 0.29) is 19.6 Å². The van der Waals surface area contributed by atoms with E-state index in [1.807, 2.05) is 0 Å². The van der Waals surface area contributed by atoms with Gasteiger partial charge in [0.05, 0.1) is 19.4 Å². The van der Waals surface area contributed by atoms with Crippen molar-refractivity contribution in [1.29, 1.82) is 0 Å². The lowest BCUT2D eigenvalue weighted by molar-refractivity contribution is -0.149. The Balaban J connectivity index is 0. The van der Waals surface area contributed by atoms with Crippen LogP contribution < -0.4 is 5.32 Å². The summed E-state index contributed by atoms with van der Waals surface area (Å²) in [6.45, 7) is 2.70.